The summed E-state index contributed by atoms with van der Waals surface area (Å²) in [4.78, 5) is 5.39. The van der Waals surface area contributed by atoms with Crippen molar-refractivity contribution >= 4 is 78.0 Å². The summed E-state index contributed by atoms with van der Waals surface area (Å²) in [5.74, 6) is 0. The molecule has 2 aliphatic heterocycles. The van der Waals surface area contributed by atoms with Crippen LogP contribution in [0.25, 0.3) is 21.2 Å². The van der Waals surface area contributed by atoms with Crippen molar-refractivity contribution in [2.75, 3.05) is 9.80 Å². The molecule has 0 bridgehead atoms. The van der Waals surface area contributed by atoms with E-state index in [4.69, 9.17) is 0 Å². The highest BCUT2D eigenvalue weighted by Gasteiger charge is 2.48. The van der Waals surface area contributed by atoms with E-state index in [0.29, 0.717) is 0 Å². The maximum absolute atomic E-state index is 2.73. The second-order valence-electron chi connectivity index (χ2n) is 28.1. The number of hydrogen-bond acceptors (Lipinski definition) is 3. The Hall–Kier alpha value is -5.06. The van der Waals surface area contributed by atoms with Gasteiger partial charge in [0.15, 0.2) is 0 Å². The largest absolute Gasteiger partial charge is 0.311 e. The molecule has 0 saturated heterocycles. The molecular formula is C67H79BN2S. The minimum atomic E-state index is -0.0292. The number of anilines is 6. The third kappa shape index (κ3) is 7.60. The van der Waals surface area contributed by atoms with E-state index >= 15 is 0 Å². The average Bonchev–Trinajstić information content (AvgIpc) is 3.66. The normalized spacial score (nSPS) is 18.4. The van der Waals surface area contributed by atoms with Crippen LogP contribution in [0.2, 0.25) is 0 Å². The summed E-state index contributed by atoms with van der Waals surface area (Å²) in [5.41, 5.74) is 25.0. The molecule has 0 N–H and O–H groups in total. The van der Waals surface area contributed by atoms with E-state index in [2.05, 4.69) is 238 Å². The molecule has 7 aromatic rings. The molecule has 0 unspecified atom stereocenters. The summed E-state index contributed by atoms with van der Waals surface area (Å²) in [7, 11) is 0. The second-order valence-corrected chi connectivity index (χ2v) is 29.2. The molecule has 2 nitrogen and oxygen atoms in total. The van der Waals surface area contributed by atoms with E-state index in [1.165, 1.54) is 141 Å². The minimum absolute atomic E-state index is 0.00252. The molecule has 71 heavy (non-hydrogen) atoms. The van der Waals surface area contributed by atoms with E-state index in [1.54, 1.807) is 0 Å². The molecule has 366 valence electrons. The Morgan fingerprint density at radius 1 is 0.451 bits per heavy atom. The molecule has 1 aromatic heterocycles. The van der Waals surface area contributed by atoms with Crippen molar-refractivity contribution in [3.8, 4) is 11.1 Å². The van der Waals surface area contributed by atoms with Crippen molar-refractivity contribution in [2.45, 2.75) is 188 Å². The van der Waals surface area contributed by atoms with Crippen LogP contribution in [-0.2, 0) is 37.9 Å². The lowest BCUT2D eigenvalue weighted by Gasteiger charge is -2.47. The molecule has 4 aliphatic rings. The first-order chi connectivity index (χ1) is 33.0. The van der Waals surface area contributed by atoms with Gasteiger partial charge in [0.25, 0.3) is 6.71 Å². The summed E-state index contributed by atoms with van der Waals surface area (Å²) in [6.07, 6.45) is 4.74. The Morgan fingerprint density at radius 3 is 1.55 bits per heavy atom. The van der Waals surface area contributed by atoms with Crippen LogP contribution in [0.4, 0.5) is 33.4 Å². The first-order valence-electron chi connectivity index (χ1n) is 26.9. The summed E-state index contributed by atoms with van der Waals surface area (Å²) in [5, 5.41) is 2.73. The van der Waals surface area contributed by atoms with Gasteiger partial charge in [-0.2, -0.15) is 0 Å². The van der Waals surface area contributed by atoms with Gasteiger partial charge in [-0.3, -0.25) is 0 Å². The topological polar surface area (TPSA) is 6.48 Å². The molecule has 11 rings (SSSR count). The van der Waals surface area contributed by atoms with Crippen LogP contribution in [0.15, 0.2) is 103 Å². The quantitative estimate of drug-likeness (QED) is 0.163. The predicted molar refractivity (Wildman–Crippen MR) is 313 cm³/mol. The lowest BCUT2D eigenvalue weighted by atomic mass is 9.33. The zero-order valence-electron chi connectivity index (χ0n) is 46.5. The average molecular weight is 955 g/mol. The van der Waals surface area contributed by atoms with E-state index in [-0.39, 0.29) is 44.6 Å². The van der Waals surface area contributed by atoms with Crippen LogP contribution in [-0.4, -0.2) is 6.71 Å². The highest BCUT2D eigenvalue weighted by atomic mass is 32.1. The fraction of sp³-hybridized carbons (Fsp3) is 0.433. The number of benzene rings is 6. The standard InChI is InChI=1S/C67H79BN2S/c1-40-33-55-59-56(34-40)70(53-27-22-43(62(5,6)7)36-46(53)41-19-26-48-49(35-41)65(13,14)30-29-64(48,11)12)60-58(47-37-44(63(8,9)10)23-28-57(47)71-60)68(59)52-38-50-51(67(17,18)32-31-66(50,15)16)39-54(52)69(55)45-24-20-42(21-25-45)61(2,3)4/h19-28,33-39H,29-32H2,1-18H3. The number of nitrogens with zero attached hydrogens (tertiary/aromatic N) is 2. The highest BCUT2D eigenvalue weighted by Crippen LogP contribution is 2.54. The maximum Gasteiger partial charge on any atom is 0.254 e. The van der Waals surface area contributed by atoms with Gasteiger partial charge >= 0.3 is 0 Å². The minimum Gasteiger partial charge on any atom is -0.311 e. The van der Waals surface area contributed by atoms with Crippen molar-refractivity contribution < 1.29 is 0 Å². The van der Waals surface area contributed by atoms with Gasteiger partial charge in [0.1, 0.15) is 0 Å². The zero-order chi connectivity index (χ0) is 50.9. The molecular weight excluding hydrogens is 876 g/mol. The summed E-state index contributed by atoms with van der Waals surface area (Å²) in [6, 6.07) is 42.4. The third-order valence-electron chi connectivity index (χ3n) is 17.9. The number of thiophene rings is 1. The first kappa shape index (κ1) is 48.2. The van der Waals surface area contributed by atoms with Gasteiger partial charge in [0.05, 0.1) is 10.7 Å². The van der Waals surface area contributed by atoms with Gasteiger partial charge in [-0.05, 0) is 191 Å². The lowest BCUT2D eigenvalue weighted by molar-refractivity contribution is 0.332. The van der Waals surface area contributed by atoms with E-state index in [1.807, 2.05) is 11.3 Å². The lowest BCUT2D eigenvalue weighted by Crippen LogP contribution is -2.61. The summed E-state index contributed by atoms with van der Waals surface area (Å²) >= 11 is 1.99. The fourth-order valence-corrected chi connectivity index (χ4v) is 14.2. The molecule has 0 fully saturated rings. The maximum atomic E-state index is 2.73. The van der Waals surface area contributed by atoms with Crippen molar-refractivity contribution in [1.82, 2.24) is 0 Å². The molecule has 2 aliphatic carbocycles. The number of fused-ring (bicyclic) bond motifs is 8. The van der Waals surface area contributed by atoms with Gasteiger partial charge in [0.2, 0.25) is 0 Å². The molecule has 0 amide bonds. The Morgan fingerprint density at radius 2 is 0.958 bits per heavy atom. The Bertz CT molecular complexity index is 3330. The second kappa shape index (κ2) is 15.5. The van der Waals surface area contributed by atoms with Crippen molar-refractivity contribution in [3.05, 3.63) is 148 Å². The number of rotatable bonds is 3. The summed E-state index contributed by atoms with van der Waals surface area (Å²) in [6.45, 7) is 43.3. The van der Waals surface area contributed by atoms with E-state index < -0.39 is 0 Å². The number of aryl methyl sites for hydroxylation is 1. The van der Waals surface area contributed by atoms with Crippen LogP contribution >= 0.6 is 11.3 Å². The molecule has 6 aromatic carbocycles. The van der Waals surface area contributed by atoms with Crippen molar-refractivity contribution in [1.29, 1.82) is 0 Å². The van der Waals surface area contributed by atoms with Crippen LogP contribution in [0.3, 0.4) is 0 Å². The van der Waals surface area contributed by atoms with Gasteiger partial charge < -0.3 is 9.80 Å². The highest BCUT2D eigenvalue weighted by molar-refractivity contribution is 7.26. The van der Waals surface area contributed by atoms with Gasteiger partial charge in [-0.1, -0.05) is 172 Å². The molecule has 0 saturated carbocycles. The first-order valence-corrected chi connectivity index (χ1v) is 27.7. The smallest absolute Gasteiger partial charge is 0.254 e. The fourth-order valence-electron chi connectivity index (χ4n) is 13.0. The number of hydrogen-bond donors (Lipinski definition) is 0. The molecule has 0 atom stereocenters. The van der Waals surface area contributed by atoms with Gasteiger partial charge in [-0.25, -0.2) is 0 Å². The Kier molecular flexibility index (Phi) is 10.5. The van der Waals surface area contributed by atoms with Crippen LogP contribution in [0.5, 0.6) is 0 Å². The van der Waals surface area contributed by atoms with Gasteiger partial charge in [-0.15, -0.1) is 11.3 Å². The van der Waals surface area contributed by atoms with Crippen molar-refractivity contribution in [2.24, 2.45) is 0 Å². The van der Waals surface area contributed by atoms with E-state index in [0.717, 1.165) is 0 Å². The van der Waals surface area contributed by atoms with E-state index in [9.17, 15) is 0 Å². The molecule has 4 heteroatoms. The SMILES string of the molecule is Cc1cc2c3c(c1)N(c1ccc(C(C)(C)C)cc1-c1ccc4c(c1)C(C)(C)CCC4(C)C)c1sc4ccc(C(C)(C)C)cc4c1B3c1cc3c(cc1N2c1ccc(C(C)(C)C)cc1)C(C)(C)CCC3(C)C. The van der Waals surface area contributed by atoms with Crippen LogP contribution < -0.4 is 26.2 Å². The summed E-state index contributed by atoms with van der Waals surface area (Å²) < 4.78 is 1.35. The van der Waals surface area contributed by atoms with Gasteiger partial charge in [0, 0.05) is 33.0 Å². The molecule has 3 heterocycles. The van der Waals surface area contributed by atoms with Crippen LogP contribution in [0, 0.1) is 6.92 Å². The predicted octanol–water partition coefficient (Wildman–Crippen LogP) is 17.5. The molecule has 0 spiro atoms. The zero-order valence-corrected chi connectivity index (χ0v) is 47.3. The molecule has 0 radical (unpaired) electrons. The van der Waals surface area contributed by atoms with Crippen molar-refractivity contribution in [3.63, 3.8) is 0 Å². The monoisotopic (exact) mass is 955 g/mol. The van der Waals surface area contributed by atoms with Crippen LogP contribution in [0.1, 0.15) is 188 Å². The third-order valence-corrected chi connectivity index (χ3v) is 19.1. The Balaban J connectivity index is 1.27. The Labute approximate surface area is 432 Å².